The molecule has 0 aliphatic carbocycles. The molecule has 2 nitrogen and oxygen atoms in total. The highest BCUT2D eigenvalue weighted by atomic mass is 35.5. The van der Waals surface area contributed by atoms with Crippen molar-refractivity contribution in [2.75, 3.05) is 0 Å². The second-order valence-electron chi connectivity index (χ2n) is 2.81. The number of aryl methyl sites for hydroxylation is 1. The molecule has 0 atom stereocenters. The molecule has 0 saturated heterocycles. The molecule has 2 aromatic heterocycles. The van der Waals surface area contributed by atoms with Crippen molar-refractivity contribution >= 4 is 34.5 Å². The van der Waals surface area contributed by atoms with E-state index in [1.165, 1.54) is 0 Å². The van der Waals surface area contributed by atoms with Crippen LogP contribution in [0.5, 0.6) is 0 Å². The molecule has 0 unspecified atom stereocenters. The first kappa shape index (κ1) is 10.0. The fourth-order valence-corrected chi connectivity index (χ4v) is 2.43. The summed E-state index contributed by atoms with van der Waals surface area (Å²) in [5.74, 6) is 1.48. The van der Waals surface area contributed by atoms with Gasteiger partial charge in [-0.05, 0) is 17.9 Å². The number of nitrogens with zero attached hydrogens (tertiary/aromatic N) is 1. The van der Waals surface area contributed by atoms with Crippen LogP contribution >= 0.6 is 34.5 Å². The third-order valence-corrected chi connectivity index (χ3v) is 3.73. The van der Waals surface area contributed by atoms with Crippen LogP contribution in [0, 0.1) is 6.92 Å². The lowest BCUT2D eigenvalue weighted by atomic mass is 10.3. The predicted molar refractivity (Wildman–Crippen MR) is 59.1 cm³/mol. The van der Waals surface area contributed by atoms with Crippen molar-refractivity contribution in [1.82, 2.24) is 4.98 Å². The maximum Gasteiger partial charge on any atom is 0.209 e. The summed E-state index contributed by atoms with van der Waals surface area (Å²) < 4.78 is 5.40. The lowest BCUT2D eigenvalue weighted by Crippen LogP contribution is -1.71. The summed E-state index contributed by atoms with van der Waals surface area (Å²) in [6, 6.07) is 0. The molecule has 0 bridgehead atoms. The zero-order valence-corrected chi connectivity index (χ0v) is 9.71. The summed E-state index contributed by atoms with van der Waals surface area (Å²) in [5, 5.41) is 2.72. The average Bonchev–Trinajstić information content (AvgIpc) is 2.75. The van der Waals surface area contributed by atoms with E-state index in [0.717, 1.165) is 15.5 Å². The lowest BCUT2D eigenvalue weighted by Gasteiger charge is -1.91. The van der Waals surface area contributed by atoms with Crippen molar-refractivity contribution in [3.05, 3.63) is 28.1 Å². The van der Waals surface area contributed by atoms with Crippen LogP contribution in [-0.4, -0.2) is 4.98 Å². The van der Waals surface area contributed by atoms with Crippen molar-refractivity contribution in [2.24, 2.45) is 0 Å². The van der Waals surface area contributed by atoms with E-state index in [0.29, 0.717) is 11.7 Å². The molecule has 0 radical (unpaired) electrons. The highest BCUT2D eigenvalue weighted by Gasteiger charge is 2.12. The van der Waals surface area contributed by atoms with Crippen LogP contribution < -0.4 is 0 Å². The van der Waals surface area contributed by atoms with Crippen molar-refractivity contribution in [1.29, 1.82) is 0 Å². The highest BCUT2D eigenvalue weighted by Crippen LogP contribution is 2.36. The summed E-state index contributed by atoms with van der Waals surface area (Å²) in [4.78, 5) is 4.92. The second-order valence-corrected chi connectivity index (χ2v) is 4.34. The monoisotopic (exact) mass is 247 g/mol. The zero-order chi connectivity index (χ0) is 10.1. The lowest BCUT2D eigenvalue weighted by molar-refractivity contribution is 0.530. The Kier molecular flexibility index (Phi) is 2.81. The Labute approximate surface area is 95.5 Å². The maximum atomic E-state index is 6.09. The molecular weight excluding hydrogens is 241 g/mol. The standard InChI is InChI=1S/C9H7Cl2NOS/c1-5-4-14-9(8(5)11)6-3-12-7(2-10)13-6/h3-4H,2H2,1H3. The molecule has 2 rings (SSSR count). The summed E-state index contributed by atoms with van der Waals surface area (Å²) >= 11 is 13.2. The van der Waals surface area contributed by atoms with Gasteiger partial charge < -0.3 is 4.42 Å². The van der Waals surface area contributed by atoms with E-state index in [1.807, 2.05) is 12.3 Å². The number of oxazole rings is 1. The van der Waals surface area contributed by atoms with Gasteiger partial charge in [0.25, 0.3) is 0 Å². The second kappa shape index (κ2) is 3.93. The minimum atomic E-state index is 0.280. The third kappa shape index (κ3) is 1.67. The molecule has 74 valence electrons. The first-order chi connectivity index (χ1) is 6.72. The quantitative estimate of drug-likeness (QED) is 0.747. The maximum absolute atomic E-state index is 6.09. The van der Waals surface area contributed by atoms with Crippen LogP contribution in [0.2, 0.25) is 5.02 Å². The van der Waals surface area contributed by atoms with Gasteiger partial charge in [-0.3, -0.25) is 0 Å². The molecule has 2 aromatic rings. The number of hydrogen-bond donors (Lipinski definition) is 0. The molecule has 2 heterocycles. The molecule has 0 aliphatic heterocycles. The smallest absolute Gasteiger partial charge is 0.209 e. The minimum Gasteiger partial charge on any atom is -0.439 e. The molecule has 0 amide bonds. The number of thiophene rings is 1. The Morgan fingerprint density at radius 2 is 2.36 bits per heavy atom. The van der Waals surface area contributed by atoms with Gasteiger partial charge in [0.05, 0.1) is 22.0 Å². The van der Waals surface area contributed by atoms with E-state index in [1.54, 1.807) is 17.5 Å². The summed E-state index contributed by atoms with van der Waals surface area (Å²) in [6.45, 7) is 1.96. The van der Waals surface area contributed by atoms with Crippen LogP contribution in [0.25, 0.3) is 10.6 Å². The first-order valence-corrected chi connectivity index (χ1v) is 5.76. The van der Waals surface area contributed by atoms with Crippen LogP contribution in [0.1, 0.15) is 11.5 Å². The first-order valence-electron chi connectivity index (χ1n) is 3.97. The van der Waals surface area contributed by atoms with Gasteiger partial charge in [-0.15, -0.1) is 22.9 Å². The number of aromatic nitrogens is 1. The topological polar surface area (TPSA) is 26.0 Å². The molecule has 0 N–H and O–H groups in total. The summed E-state index contributed by atoms with van der Waals surface area (Å²) in [6.07, 6.45) is 1.65. The normalized spacial score (nSPS) is 10.8. The van der Waals surface area contributed by atoms with Gasteiger partial charge in [0.15, 0.2) is 5.76 Å². The van der Waals surface area contributed by atoms with Crippen molar-refractivity contribution in [3.63, 3.8) is 0 Å². The van der Waals surface area contributed by atoms with Crippen LogP contribution in [0.15, 0.2) is 16.0 Å². The molecular formula is C9H7Cl2NOS. The van der Waals surface area contributed by atoms with Gasteiger partial charge in [0.1, 0.15) is 0 Å². The number of rotatable bonds is 2. The highest BCUT2D eigenvalue weighted by molar-refractivity contribution is 7.14. The number of halogens is 2. The summed E-state index contributed by atoms with van der Waals surface area (Å²) in [7, 11) is 0. The fraction of sp³-hybridized carbons (Fsp3) is 0.222. The molecule has 0 aromatic carbocycles. The molecule has 14 heavy (non-hydrogen) atoms. The molecule has 0 saturated carbocycles. The van der Waals surface area contributed by atoms with E-state index in [4.69, 9.17) is 27.6 Å². The fourth-order valence-electron chi connectivity index (χ4n) is 1.07. The average molecular weight is 248 g/mol. The molecule has 0 aliphatic rings. The van der Waals surface area contributed by atoms with Gasteiger partial charge in [0, 0.05) is 0 Å². The Morgan fingerprint density at radius 3 is 2.86 bits per heavy atom. The van der Waals surface area contributed by atoms with Crippen LogP contribution in [0.4, 0.5) is 0 Å². The Bertz CT molecular complexity index is 449. The zero-order valence-electron chi connectivity index (χ0n) is 7.38. The van der Waals surface area contributed by atoms with Gasteiger partial charge in [-0.2, -0.15) is 0 Å². The SMILES string of the molecule is Cc1csc(-c2cnc(CCl)o2)c1Cl. The Morgan fingerprint density at radius 1 is 1.57 bits per heavy atom. The van der Waals surface area contributed by atoms with E-state index < -0.39 is 0 Å². The number of hydrogen-bond acceptors (Lipinski definition) is 3. The van der Waals surface area contributed by atoms with Gasteiger partial charge in [-0.25, -0.2) is 4.98 Å². The van der Waals surface area contributed by atoms with Gasteiger partial charge in [-0.1, -0.05) is 11.6 Å². The molecule has 0 fully saturated rings. The van der Waals surface area contributed by atoms with Crippen molar-refractivity contribution in [2.45, 2.75) is 12.8 Å². The van der Waals surface area contributed by atoms with Gasteiger partial charge in [0.2, 0.25) is 5.89 Å². The van der Waals surface area contributed by atoms with E-state index in [9.17, 15) is 0 Å². The van der Waals surface area contributed by atoms with E-state index in [-0.39, 0.29) is 5.88 Å². The number of alkyl halides is 1. The minimum absolute atomic E-state index is 0.280. The van der Waals surface area contributed by atoms with Crippen molar-refractivity contribution in [3.8, 4) is 10.6 Å². The Hall–Kier alpha value is -0.510. The predicted octanol–water partition coefficient (Wildman–Crippen LogP) is 4.10. The molecule has 5 heteroatoms. The van der Waals surface area contributed by atoms with E-state index in [2.05, 4.69) is 4.98 Å². The van der Waals surface area contributed by atoms with Crippen LogP contribution in [-0.2, 0) is 5.88 Å². The Balaban J connectivity index is 2.44. The van der Waals surface area contributed by atoms with E-state index >= 15 is 0 Å². The largest absolute Gasteiger partial charge is 0.439 e. The third-order valence-electron chi connectivity index (χ3n) is 1.79. The molecule has 0 spiro atoms. The van der Waals surface area contributed by atoms with Crippen molar-refractivity contribution < 1.29 is 4.42 Å². The summed E-state index contributed by atoms with van der Waals surface area (Å²) in [5.41, 5.74) is 1.05. The van der Waals surface area contributed by atoms with Crippen LogP contribution in [0.3, 0.4) is 0 Å². The van der Waals surface area contributed by atoms with Gasteiger partial charge >= 0.3 is 0 Å².